The Morgan fingerprint density at radius 1 is 1.37 bits per heavy atom. The molecule has 1 aromatic carbocycles. The van der Waals surface area contributed by atoms with Gasteiger partial charge in [0.25, 0.3) is 0 Å². The molecule has 2 aliphatic rings. The standard InChI is InChI=1S/C15H20N2O2/c1-17-8-6-15(7-9-17)10-13(16-11-18)12-4-2-3-5-14(12)19-15/h2-5,11,13H,6-10H2,1H3,(H,16,18)/t13-/m1/s1. The Bertz CT molecular complexity index is 467. The molecule has 4 heteroatoms. The van der Waals surface area contributed by atoms with E-state index in [2.05, 4.69) is 17.3 Å². The number of likely N-dealkylation sites (tertiary alicyclic amines) is 1. The van der Waals surface area contributed by atoms with Crippen LogP contribution in [0.15, 0.2) is 24.3 Å². The first kappa shape index (κ1) is 12.5. The zero-order valence-corrected chi connectivity index (χ0v) is 11.3. The van der Waals surface area contributed by atoms with Gasteiger partial charge in [-0.05, 0) is 26.0 Å². The smallest absolute Gasteiger partial charge is 0.207 e. The molecule has 0 radical (unpaired) electrons. The van der Waals surface area contributed by atoms with E-state index in [9.17, 15) is 4.79 Å². The summed E-state index contributed by atoms with van der Waals surface area (Å²) in [6.45, 7) is 2.10. The molecule has 1 N–H and O–H groups in total. The van der Waals surface area contributed by atoms with E-state index in [1.54, 1.807) is 0 Å². The number of para-hydroxylation sites is 1. The van der Waals surface area contributed by atoms with Gasteiger partial charge in [-0.3, -0.25) is 4.79 Å². The van der Waals surface area contributed by atoms with E-state index >= 15 is 0 Å². The Kier molecular flexibility index (Phi) is 3.19. The molecule has 0 bridgehead atoms. The Morgan fingerprint density at radius 3 is 2.84 bits per heavy atom. The molecule has 1 aromatic rings. The van der Waals surface area contributed by atoms with Crippen molar-refractivity contribution in [3.05, 3.63) is 29.8 Å². The van der Waals surface area contributed by atoms with Crippen molar-refractivity contribution < 1.29 is 9.53 Å². The third-order valence-electron chi connectivity index (χ3n) is 4.36. The van der Waals surface area contributed by atoms with E-state index in [1.165, 1.54) is 0 Å². The number of hydrogen-bond donors (Lipinski definition) is 1. The molecule has 1 spiro atoms. The highest BCUT2D eigenvalue weighted by Gasteiger charge is 2.42. The van der Waals surface area contributed by atoms with Gasteiger partial charge in [-0.2, -0.15) is 0 Å². The monoisotopic (exact) mass is 260 g/mol. The highest BCUT2D eigenvalue weighted by molar-refractivity contribution is 5.50. The number of nitrogens with zero attached hydrogens (tertiary/aromatic N) is 1. The van der Waals surface area contributed by atoms with Gasteiger partial charge in [0.1, 0.15) is 11.4 Å². The van der Waals surface area contributed by atoms with Gasteiger partial charge >= 0.3 is 0 Å². The molecule has 1 amide bonds. The number of piperidine rings is 1. The number of carbonyl (C=O) groups is 1. The summed E-state index contributed by atoms with van der Waals surface area (Å²) < 4.78 is 6.30. The third-order valence-corrected chi connectivity index (χ3v) is 4.36. The summed E-state index contributed by atoms with van der Waals surface area (Å²) in [5.74, 6) is 0.928. The molecule has 2 heterocycles. The molecule has 0 aliphatic carbocycles. The molecular formula is C15H20N2O2. The van der Waals surface area contributed by atoms with Crippen molar-refractivity contribution in [1.82, 2.24) is 10.2 Å². The van der Waals surface area contributed by atoms with E-state index in [4.69, 9.17) is 4.74 Å². The zero-order chi connectivity index (χ0) is 13.3. The molecule has 0 aromatic heterocycles. The summed E-state index contributed by atoms with van der Waals surface area (Å²) in [5.41, 5.74) is 0.987. The molecule has 3 rings (SSSR count). The van der Waals surface area contributed by atoms with Crippen molar-refractivity contribution in [3.63, 3.8) is 0 Å². The van der Waals surface area contributed by atoms with Gasteiger partial charge < -0.3 is 15.0 Å². The van der Waals surface area contributed by atoms with Crippen molar-refractivity contribution in [2.75, 3.05) is 20.1 Å². The summed E-state index contributed by atoms with van der Waals surface area (Å²) in [6.07, 6.45) is 3.72. The highest BCUT2D eigenvalue weighted by Crippen LogP contribution is 2.43. The number of rotatable bonds is 2. The average molecular weight is 260 g/mol. The Balaban J connectivity index is 1.90. The second-order valence-corrected chi connectivity index (χ2v) is 5.67. The van der Waals surface area contributed by atoms with Crippen molar-refractivity contribution in [2.24, 2.45) is 0 Å². The molecule has 102 valence electrons. The molecule has 1 atom stereocenters. The Morgan fingerprint density at radius 2 is 2.11 bits per heavy atom. The first-order chi connectivity index (χ1) is 9.22. The Labute approximate surface area is 113 Å². The van der Waals surface area contributed by atoms with E-state index in [0.29, 0.717) is 0 Å². The fraction of sp³-hybridized carbons (Fsp3) is 0.533. The van der Waals surface area contributed by atoms with Gasteiger partial charge in [0, 0.05) is 25.1 Å². The maximum atomic E-state index is 10.8. The molecule has 1 fully saturated rings. The lowest BCUT2D eigenvalue weighted by Gasteiger charge is -2.46. The van der Waals surface area contributed by atoms with Crippen LogP contribution in [0.5, 0.6) is 5.75 Å². The second kappa shape index (κ2) is 4.85. The lowest BCUT2D eigenvalue weighted by atomic mass is 9.81. The summed E-state index contributed by atoms with van der Waals surface area (Å²) in [4.78, 5) is 13.2. The van der Waals surface area contributed by atoms with Crippen LogP contribution in [0.2, 0.25) is 0 Å². The fourth-order valence-electron chi connectivity index (χ4n) is 3.18. The molecule has 1 saturated heterocycles. The van der Waals surface area contributed by atoms with Crippen LogP contribution in [0.25, 0.3) is 0 Å². The van der Waals surface area contributed by atoms with Gasteiger partial charge in [0.05, 0.1) is 6.04 Å². The number of nitrogens with one attached hydrogen (secondary N) is 1. The number of hydrogen-bond acceptors (Lipinski definition) is 3. The first-order valence-electron chi connectivity index (χ1n) is 6.89. The lowest BCUT2D eigenvalue weighted by molar-refractivity contribution is -0.111. The first-order valence-corrected chi connectivity index (χ1v) is 6.89. The van der Waals surface area contributed by atoms with E-state index in [0.717, 1.165) is 50.1 Å². The molecule has 2 aliphatic heterocycles. The minimum atomic E-state index is -0.110. The minimum Gasteiger partial charge on any atom is -0.487 e. The van der Waals surface area contributed by atoms with E-state index in [-0.39, 0.29) is 11.6 Å². The van der Waals surface area contributed by atoms with Crippen LogP contribution < -0.4 is 10.1 Å². The topological polar surface area (TPSA) is 41.6 Å². The van der Waals surface area contributed by atoms with Crippen molar-refractivity contribution in [2.45, 2.75) is 30.9 Å². The normalized spacial score (nSPS) is 25.4. The molecule has 19 heavy (non-hydrogen) atoms. The summed E-state index contributed by atoms with van der Waals surface area (Å²) in [6, 6.07) is 8.11. The van der Waals surface area contributed by atoms with Crippen LogP contribution in [-0.2, 0) is 4.79 Å². The second-order valence-electron chi connectivity index (χ2n) is 5.67. The number of ether oxygens (including phenoxy) is 1. The quantitative estimate of drug-likeness (QED) is 0.823. The SMILES string of the molecule is CN1CCC2(CC1)C[C@@H](NC=O)c1ccccc1O2. The van der Waals surface area contributed by atoms with Gasteiger partial charge in [-0.25, -0.2) is 0 Å². The molecule has 0 unspecified atom stereocenters. The number of carbonyl (C=O) groups excluding carboxylic acids is 1. The van der Waals surface area contributed by atoms with Crippen molar-refractivity contribution >= 4 is 6.41 Å². The van der Waals surface area contributed by atoms with Gasteiger partial charge in [-0.1, -0.05) is 18.2 Å². The Hall–Kier alpha value is -1.55. The highest BCUT2D eigenvalue weighted by atomic mass is 16.5. The number of benzene rings is 1. The average Bonchev–Trinajstić information content (AvgIpc) is 2.43. The largest absolute Gasteiger partial charge is 0.487 e. The maximum Gasteiger partial charge on any atom is 0.207 e. The van der Waals surface area contributed by atoms with Gasteiger partial charge in [0.15, 0.2) is 0 Å². The van der Waals surface area contributed by atoms with Crippen LogP contribution in [-0.4, -0.2) is 37.0 Å². The predicted octanol–water partition coefficient (Wildman–Crippen LogP) is 1.72. The van der Waals surface area contributed by atoms with Crippen LogP contribution in [0.1, 0.15) is 30.9 Å². The summed E-state index contributed by atoms with van der Waals surface area (Å²) >= 11 is 0. The summed E-state index contributed by atoms with van der Waals surface area (Å²) in [5, 5.41) is 2.95. The van der Waals surface area contributed by atoms with Crippen LogP contribution in [0.4, 0.5) is 0 Å². The van der Waals surface area contributed by atoms with Crippen molar-refractivity contribution in [1.29, 1.82) is 0 Å². The van der Waals surface area contributed by atoms with Crippen LogP contribution in [0.3, 0.4) is 0 Å². The zero-order valence-electron chi connectivity index (χ0n) is 11.3. The van der Waals surface area contributed by atoms with Crippen LogP contribution in [0, 0.1) is 0 Å². The van der Waals surface area contributed by atoms with Crippen LogP contribution >= 0.6 is 0 Å². The van der Waals surface area contributed by atoms with Gasteiger partial charge in [-0.15, -0.1) is 0 Å². The third kappa shape index (κ3) is 2.32. The number of fused-ring (bicyclic) bond motifs is 1. The van der Waals surface area contributed by atoms with E-state index < -0.39 is 0 Å². The predicted molar refractivity (Wildman–Crippen MR) is 73.1 cm³/mol. The van der Waals surface area contributed by atoms with E-state index in [1.807, 2.05) is 24.3 Å². The number of amides is 1. The maximum absolute atomic E-state index is 10.8. The molecular weight excluding hydrogens is 240 g/mol. The van der Waals surface area contributed by atoms with Crippen molar-refractivity contribution in [3.8, 4) is 5.75 Å². The van der Waals surface area contributed by atoms with Gasteiger partial charge in [0.2, 0.25) is 6.41 Å². The minimum absolute atomic E-state index is 0.0749. The summed E-state index contributed by atoms with van der Waals surface area (Å²) in [7, 11) is 2.14. The molecule has 4 nitrogen and oxygen atoms in total. The lowest BCUT2D eigenvalue weighted by Crippen LogP contribution is -2.51. The fourth-order valence-corrected chi connectivity index (χ4v) is 3.18. The molecule has 0 saturated carbocycles.